The van der Waals surface area contributed by atoms with Crippen molar-refractivity contribution >= 4 is 23.5 Å². The molecule has 0 fully saturated rings. The van der Waals surface area contributed by atoms with Crippen molar-refractivity contribution in [2.75, 3.05) is 0 Å². The van der Waals surface area contributed by atoms with Gasteiger partial charge in [0.25, 0.3) is 5.91 Å². The monoisotopic (exact) mass is 287 g/mol. The average Bonchev–Trinajstić information content (AvgIpc) is 2.34. The number of nitrogens with one attached hydrogen (secondary N) is 1. The summed E-state index contributed by atoms with van der Waals surface area (Å²) in [5.74, 6) is -2.94. The zero-order chi connectivity index (χ0) is 14.6. The minimum absolute atomic E-state index is 0.172. The number of rotatable bonds is 5. The molecule has 0 heterocycles. The van der Waals surface area contributed by atoms with Crippen molar-refractivity contribution in [3.63, 3.8) is 0 Å². The van der Waals surface area contributed by atoms with Crippen molar-refractivity contribution in [1.82, 2.24) is 5.32 Å². The van der Waals surface area contributed by atoms with E-state index in [2.05, 4.69) is 5.32 Å². The Morgan fingerprint density at radius 2 is 2.11 bits per heavy atom. The lowest BCUT2D eigenvalue weighted by Gasteiger charge is -2.20. The van der Waals surface area contributed by atoms with Crippen LogP contribution in [-0.2, 0) is 4.79 Å². The second-order valence-corrected chi connectivity index (χ2v) is 4.74. The van der Waals surface area contributed by atoms with Crippen LogP contribution in [0.2, 0.25) is 5.02 Å². The maximum atomic E-state index is 13.5. The topological polar surface area (TPSA) is 66.4 Å². The van der Waals surface area contributed by atoms with E-state index in [1.54, 1.807) is 6.92 Å². The zero-order valence-electron chi connectivity index (χ0n) is 10.6. The molecule has 0 saturated heterocycles. The molecule has 0 saturated carbocycles. The van der Waals surface area contributed by atoms with Gasteiger partial charge < -0.3 is 10.4 Å². The van der Waals surface area contributed by atoms with Crippen molar-refractivity contribution in [1.29, 1.82) is 0 Å². The molecular weight excluding hydrogens is 273 g/mol. The van der Waals surface area contributed by atoms with E-state index in [1.165, 1.54) is 12.1 Å². The van der Waals surface area contributed by atoms with Crippen LogP contribution in [0.3, 0.4) is 0 Å². The van der Waals surface area contributed by atoms with Gasteiger partial charge in [-0.25, -0.2) is 9.18 Å². The number of benzene rings is 1. The van der Waals surface area contributed by atoms with Crippen LogP contribution in [0.4, 0.5) is 4.39 Å². The second kappa shape index (κ2) is 6.52. The predicted molar refractivity (Wildman–Crippen MR) is 69.8 cm³/mol. The van der Waals surface area contributed by atoms with Crippen LogP contribution < -0.4 is 5.32 Å². The molecule has 19 heavy (non-hydrogen) atoms. The van der Waals surface area contributed by atoms with Crippen molar-refractivity contribution in [2.24, 2.45) is 5.92 Å². The Balaban J connectivity index is 2.91. The Hall–Kier alpha value is -1.62. The van der Waals surface area contributed by atoms with Crippen LogP contribution in [0.15, 0.2) is 18.2 Å². The standard InChI is InChI=1S/C13H15ClFNO3/c1-3-7(2)11(13(18)19)16-12(17)9-5-4-8(14)6-10(9)15/h4-7,11H,3H2,1-2H3,(H,16,17)(H,18,19)/t7-,11-/m0/s1. The minimum Gasteiger partial charge on any atom is -0.480 e. The van der Waals surface area contributed by atoms with Gasteiger partial charge in [0.05, 0.1) is 5.56 Å². The predicted octanol–water partition coefficient (Wildman–Crippen LogP) is 2.71. The number of carboxylic acids is 1. The molecule has 2 N–H and O–H groups in total. The molecule has 6 heteroatoms. The number of carbonyl (C=O) groups excluding carboxylic acids is 1. The number of hydrogen-bond acceptors (Lipinski definition) is 2. The summed E-state index contributed by atoms with van der Waals surface area (Å²) in [6.45, 7) is 3.52. The van der Waals surface area contributed by atoms with Crippen LogP contribution in [0, 0.1) is 11.7 Å². The first kappa shape index (κ1) is 15.4. The molecule has 0 radical (unpaired) electrons. The highest BCUT2D eigenvalue weighted by atomic mass is 35.5. The van der Waals surface area contributed by atoms with Crippen LogP contribution in [0.25, 0.3) is 0 Å². The quantitative estimate of drug-likeness (QED) is 0.875. The molecule has 1 aromatic carbocycles. The maximum Gasteiger partial charge on any atom is 0.326 e. The number of amides is 1. The normalized spacial score (nSPS) is 13.7. The molecule has 0 spiro atoms. The van der Waals surface area contributed by atoms with Crippen molar-refractivity contribution in [3.8, 4) is 0 Å². The summed E-state index contributed by atoms with van der Waals surface area (Å²) in [7, 11) is 0. The van der Waals surface area contributed by atoms with E-state index in [0.717, 1.165) is 6.07 Å². The van der Waals surface area contributed by atoms with Gasteiger partial charge in [0, 0.05) is 5.02 Å². The van der Waals surface area contributed by atoms with Crippen molar-refractivity contribution in [2.45, 2.75) is 26.3 Å². The van der Waals surface area contributed by atoms with Crippen LogP contribution in [0.5, 0.6) is 0 Å². The van der Waals surface area contributed by atoms with E-state index < -0.39 is 23.7 Å². The number of aliphatic carboxylic acids is 1. The van der Waals surface area contributed by atoms with E-state index in [1.807, 2.05) is 6.92 Å². The molecule has 104 valence electrons. The number of hydrogen-bond donors (Lipinski definition) is 2. The summed E-state index contributed by atoms with van der Waals surface area (Å²) < 4.78 is 13.5. The largest absolute Gasteiger partial charge is 0.480 e. The molecule has 0 aliphatic rings. The van der Waals surface area contributed by atoms with E-state index in [9.17, 15) is 14.0 Å². The average molecular weight is 288 g/mol. The molecule has 0 bridgehead atoms. The molecule has 0 aliphatic carbocycles. The summed E-state index contributed by atoms with van der Waals surface area (Å²) in [5, 5.41) is 11.5. The third-order valence-corrected chi connectivity index (χ3v) is 3.18. The Morgan fingerprint density at radius 1 is 1.47 bits per heavy atom. The van der Waals surface area contributed by atoms with E-state index in [4.69, 9.17) is 16.7 Å². The lowest BCUT2D eigenvalue weighted by atomic mass is 9.99. The molecule has 2 atom stereocenters. The first-order chi connectivity index (χ1) is 8.86. The van der Waals surface area contributed by atoms with Gasteiger partial charge in [0.15, 0.2) is 0 Å². The number of halogens is 2. The van der Waals surface area contributed by atoms with Gasteiger partial charge in [-0.2, -0.15) is 0 Å². The third-order valence-electron chi connectivity index (χ3n) is 2.94. The highest BCUT2D eigenvalue weighted by Crippen LogP contribution is 2.15. The van der Waals surface area contributed by atoms with Gasteiger partial charge >= 0.3 is 5.97 Å². The molecular formula is C13H15ClFNO3. The lowest BCUT2D eigenvalue weighted by Crippen LogP contribution is -2.45. The highest BCUT2D eigenvalue weighted by Gasteiger charge is 2.26. The Bertz CT molecular complexity index is 493. The van der Waals surface area contributed by atoms with Gasteiger partial charge in [-0.05, 0) is 24.1 Å². The van der Waals surface area contributed by atoms with Gasteiger partial charge in [0.1, 0.15) is 11.9 Å². The van der Waals surface area contributed by atoms with E-state index >= 15 is 0 Å². The highest BCUT2D eigenvalue weighted by molar-refractivity contribution is 6.30. The van der Waals surface area contributed by atoms with Crippen LogP contribution >= 0.6 is 11.6 Å². The Kier molecular flexibility index (Phi) is 5.30. The number of carboxylic acid groups (broad SMARTS) is 1. The molecule has 1 aromatic rings. The maximum absolute atomic E-state index is 13.5. The molecule has 0 unspecified atom stereocenters. The Morgan fingerprint density at radius 3 is 2.58 bits per heavy atom. The fraction of sp³-hybridized carbons (Fsp3) is 0.385. The zero-order valence-corrected chi connectivity index (χ0v) is 11.4. The van der Waals surface area contributed by atoms with Crippen LogP contribution in [0.1, 0.15) is 30.6 Å². The lowest BCUT2D eigenvalue weighted by molar-refractivity contribution is -0.140. The van der Waals surface area contributed by atoms with Crippen molar-refractivity contribution < 1.29 is 19.1 Å². The fourth-order valence-electron chi connectivity index (χ4n) is 1.58. The van der Waals surface area contributed by atoms with E-state index in [0.29, 0.717) is 6.42 Å². The van der Waals surface area contributed by atoms with Gasteiger partial charge in [-0.1, -0.05) is 31.9 Å². The first-order valence-electron chi connectivity index (χ1n) is 5.85. The number of carbonyl (C=O) groups is 2. The first-order valence-corrected chi connectivity index (χ1v) is 6.23. The third kappa shape index (κ3) is 3.92. The van der Waals surface area contributed by atoms with Gasteiger partial charge in [-0.15, -0.1) is 0 Å². The van der Waals surface area contributed by atoms with E-state index in [-0.39, 0.29) is 16.5 Å². The van der Waals surface area contributed by atoms with Gasteiger partial charge in [-0.3, -0.25) is 4.79 Å². The van der Waals surface area contributed by atoms with Gasteiger partial charge in [0.2, 0.25) is 0 Å². The summed E-state index contributed by atoms with van der Waals surface area (Å²) in [4.78, 5) is 22.9. The minimum atomic E-state index is -1.14. The molecule has 0 aliphatic heterocycles. The SMILES string of the molecule is CC[C@H](C)[C@H](NC(=O)c1ccc(Cl)cc1F)C(=O)O. The molecule has 1 rings (SSSR count). The smallest absolute Gasteiger partial charge is 0.326 e. The summed E-state index contributed by atoms with van der Waals surface area (Å²) in [5.41, 5.74) is -0.223. The molecule has 4 nitrogen and oxygen atoms in total. The van der Waals surface area contributed by atoms with Crippen LogP contribution in [-0.4, -0.2) is 23.0 Å². The summed E-state index contributed by atoms with van der Waals surface area (Å²) in [6.07, 6.45) is 0.584. The fourth-order valence-corrected chi connectivity index (χ4v) is 1.73. The molecule has 1 amide bonds. The van der Waals surface area contributed by atoms with Crippen molar-refractivity contribution in [3.05, 3.63) is 34.6 Å². The second-order valence-electron chi connectivity index (χ2n) is 4.30. The summed E-state index contributed by atoms with van der Waals surface area (Å²) in [6, 6.07) is 2.56. The molecule has 0 aromatic heterocycles. The summed E-state index contributed by atoms with van der Waals surface area (Å²) >= 11 is 5.58. The Labute approximate surface area is 115 Å².